The average molecular weight is 551 g/mol. The molecule has 1 aromatic heterocycles. The van der Waals surface area contributed by atoms with Gasteiger partial charge in [-0.15, -0.1) is 0 Å². The molecule has 2 aromatic carbocycles. The predicted octanol–water partition coefficient (Wildman–Crippen LogP) is 4.26. The fourth-order valence-corrected chi connectivity index (χ4v) is 5.81. The van der Waals surface area contributed by atoms with E-state index in [-0.39, 0.29) is 18.1 Å². The Hall–Kier alpha value is -3.85. The number of benzene rings is 2. The van der Waals surface area contributed by atoms with E-state index >= 15 is 0 Å². The fourth-order valence-electron chi connectivity index (χ4n) is 4.77. The van der Waals surface area contributed by atoms with Gasteiger partial charge >= 0.3 is 5.97 Å². The van der Waals surface area contributed by atoms with Crippen molar-refractivity contribution in [1.29, 1.82) is 0 Å². The van der Waals surface area contributed by atoms with E-state index in [2.05, 4.69) is 24.9 Å². The highest BCUT2D eigenvalue weighted by Crippen LogP contribution is 2.36. The van der Waals surface area contributed by atoms with Gasteiger partial charge in [-0.1, -0.05) is 31.3 Å². The average Bonchev–Trinajstić information content (AvgIpc) is 3.22. The molecule has 4 rings (SSSR count). The number of allylic oxidation sites excluding steroid dienone is 1. The quantitative estimate of drug-likeness (QED) is 0.390. The van der Waals surface area contributed by atoms with Crippen LogP contribution in [0, 0.1) is 6.92 Å². The maximum absolute atomic E-state index is 14.0. The number of methoxy groups -OCH3 is 3. The van der Waals surface area contributed by atoms with Crippen LogP contribution in [0.3, 0.4) is 0 Å². The summed E-state index contributed by atoms with van der Waals surface area (Å²) >= 11 is 1.29. The molecule has 1 aliphatic rings. The lowest BCUT2D eigenvalue weighted by Crippen LogP contribution is -2.40. The standard InChI is InChI=1S/C30H34N2O6S/c1-9-38-29(34)26-18(5)31-30-32(27(26)19-10-11-22(35-6)24(14-19)37-8)28(33)25(39-30)15-20-13-21(16(2)3)23(36-7)12-17(20)4/h10-16,27H,9H2,1-8H3/b25-15+/t27-/m1/s1. The molecule has 9 heteroatoms. The molecule has 3 aromatic rings. The Balaban J connectivity index is 1.98. The maximum atomic E-state index is 14.0. The van der Waals surface area contributed by atoms with E-state index in [0.717, 1.165) is 22.4 Å². The first kappa shape index (κ1) is 28.2. The summed E-state index contributed by atoms with van der Waals surface area (Å²) in [5, 5.41) is 0. The predicted molar refractivity (Wildman–Crippen MR) is 152 cm³/mol. The fraction of sp³-hybridized carbons (Fsp3) is 0.367. The van der Waals surface area contributed by atoms with Crippen LogP contribution in [0.2, 0.25) is 0 Å². The summed E-state index contributed by atoms with van der Waals surface area (Å²) < 4.78 is 24.0. The molecule has 206 valence electrons. The largest absolute Gasteiger partial charge is 0.496 e. The zero-order valence-corrected chi connectivity index (χ0v) is 24.4. The molecule has 0 bridgehead atoms. The minimum atomic E-state index is -0.745. The number of carbonyl (C=O) groups is 1. The van der Waals surface area contributed by atoms with E-state index in [9.17, 15) is 9.59 Å². The van der Waals surface area contributed by atoms with Crippen LogP contribution in [0.25, 0.3) is 6.08 Å². The first-order chi connectivity index (χ1) is 18.6. The number of rotatable bonds is 8. The van der Waals surface area contributed by atoms with Gasteiger partial charge in [-0.25, -0.2) is 9.79 Å². The lowest BCUT2D eigenvalue weighted by Gasteiger charge is -2.25. The van der Waals surface area contributed by atoms with Crippen LogP contribution < -0.4 is 29.1 Å². The van der Waals surface area contributed by atoms with Crippen molar-refractivity contribution in [2.75, 3.05) is 27.9 Å². The molecule has 2 heterocycles. The summed E-state index contributed by atoms with van der Waals surface area (Å²) in [7, 11) is 4.76. The van der Waals surface area contributed by atoms with Gasteiger partial charge in [-0.05, 0) is 79.3 Å². The lowest BCUT2D eigenvalue weighted by atomic mass is 9.95. The van der Waals surface area contributed by atoms with Gasteiger partial charge < -0.3 is 18.9 Å². The van der Waals surface area contributed by atoms with Gasteiger partial charge in [0, 0.05) is 0 Å². The molecule has 0 spiro atoms. The van der Waals surface area contributed by atoms with Gasteiger partial charge in [0.25, 0.3) is 5.56 Å². The molecule has 1 atom stereocenters. The third-order valence-corrected chi connectivity index (χ3v) is 7.75. The van der Waals surface area contributed by atoms with E-state index in [1.165, 1.54) is 11.3 Å². The zero-order chi connectivity index (χ0) is 28.4. The topological polar surface area (TPSA) is 88.4 Å². The number of esters is 1. The number of aryl methyl sites for hydroxylation is 1. The first-order valence-corrected chi connectivity index (χ1v) is 13.6. The molecule has 8 nitrogen and oxygen atoms in total. The number of thiazole rings is 1. The molecular weight excluding hydrogens is 516 g/mol. The third kappa shape index (κ3) is 5.23. The summed E-state index contributed by atoms with van der Waals surface area (Å²) in [4.78, 5) is 32.3. The van der Waals surface area contributed by atoms with Gasteiger partial charge in [0.1, 0.15) is 5.75 Å². The van der Waals surface area contributed by atoms with Crippen LogP contribution >= 0.6 is 11.3 Å². The highest BCUT2D eigenvalue weighted by Gasteiger charge is 2.34. The Morgan fingerprint density at radius 1 is 1.05 bits per heavy atom. The van der Waals surface area contributed by atoms with Gasteiger partial charge in [-0.2, -0.15) is 0 Å². The summed E-state index contributed by atoms with van der Waals surface area (Å²) in [6.07, 6.45) is 1.89. The van der Waals surface area contributed by atoms with Gasteiger partial charge in [-0.3, -0.25) is 9.36 Å². The monoisotopic (exact) mass is 550 g/mol. The number of ether oxygens (including phenoxy) is 4. The SMILES string of the molecule is CCOC(=O)C1=C(C)N=c2s/c(=C/c3cc(C(C)C)c(OC)cc3C)c(=O)n2[C@@H]1c1ccc(OC)c(OC)c1. The highest BCUT2D eigenvalue weighted by molar-refractivity contribution is 7.07. The van der Waals surface area contributed by atoms with Crippen molar-refractivity contribution in [3.63, 3.8) is 0 Å². The van der Waals surface area contributed by atoms with Gasteiger partial charge in [0.15, 0.2) is 16.3 Å². The molecule has 0 amide bonds. The van der Waals surface area contributed by atoms with Crippen LogP contribution in [-0.2, 0) is 9.53 Å². The minimum absolute atomic E-state index is 0.202. The maximum Gasteiger partial charge on any atom is 0.338 e. The Morgan fingerprint density at radius 3 is 2.36 bits per heavy atom. The first-order valence-electron chi connectivity index (χ1n) is 12.7. The van der Waals surface area contributed by atoms with Gasteiger partial charge in [0.05, 0.1) is 49.8 Å². The number of aromatic nitrogens is 1. The third-order valence-electron chi connectivity index (χ3n) is 6.77. The van der Waals surface area contributed by atoms with E-state index in [4.69, 9.17) is 18.9 Å². The Labute approximate surface area is 231 Å². The highest BCUT2D eigenvalue weighted by atomic mass is 32.1. The van der Waals surface area contributed by atoms with Crippen LogP contribution in [-0.4, -0.2) is 38.5 Å². The Kier molecular flexibility index (Phi) is 8.30. The molecular formula is C30H34N2O6S. The van der Waals surface area contributed by atoms with E-state index in [0.29, 0.717) is 37.7 Å². The normalized spacial score (nSPS) is 15.2. The van der Waals surface area contributed by atoms with Crippen molar-refractivity contribution in [1.82, 2.24) is 4.57 Å². The van der Waals surface area contributed by atoms with Crippen molar-refractivity contribution in [3.8, 4) is 17.2 Å². The molecule has 0 saturated carbocycles. The van der Waals surface area contributed by atoms with Crippen LogP contribution in [0.5, 0.6) is 17.2 Å². The number of carbonyl (C=O) groups excluding carboxylic acids is 1. The number of hydrogen-bond donors (Lipinski definition) is 0. The molecule has 0 aliphatic carbocycles. The molecule has 0 radical (unpaired) electrons. The molecule has 0 N–H and O–H groups in total. The zero-order valence-electron chi connectivity index (χ0n) is 23.6. The van der Waals surface area contributed by atoms with Crippen molar-refractivity contribution < 1.29 is 23.7 Å². The van der Waals surface area contributed by atoms with Gasteiger partial charge in [0.2, 0.25) is 0 Å². The Morgan fingerprint density at radius 2 is 1.74 bits per heavy atom. The number of fused-ring (bicyclic) bond motifs is 1. The molecule has 0 unspecified atom stereocenters. The molecule has 1 aliphatic heterocycles. The van der Waals surface area contributed by atoms with E-state index < -0.39 is 12.0 Å². The molecule has 0 fully saturated rings. The van der Waals surface area contributed by atoms with Crippen LogP contribution in [0.4, 0.5) is 0 Å². The number of hydrogen-bond acceptors (Lipinski definition) is 8. The lowest BCUT2D eigenvalue weighted by molar-refractivity contribution is -0.139. The minimum Gasteiger partial charge on any atom is -0.496 e. The van der Waals surface area contributed by atoms with Crippen LogP contribution in [0.15, 0.2) is 51.4 Å². The molecule has 39 heavy (non-hydrogen) atoms. The van der Waals surface area contributed by atoms with Crippen LogP contribution in [0.1, 0.15) is 61.9 Å². The van der Waals surface area contributed by atoms with Crippen molar-refractivity contribution in [3.05, 3.63) is 83.5 Å². The second kappa shape index (κ2) is 11.5. The summed E-state index contributed by atoms with van der Waals surface area (Å²) in [5.41, 5.74) is 4.23. The summed E-state index contributed by atoms with van der Waals surface area (Å²) in [6.45, 7) is 9.91. The number of nitrogens with zero attached hydrogens (tertiary/aromatic N) is 2. The molecule has 0 saturated heterocycles. The summed E-state index contributed by atoms with van der Waals surface area (Å²) in [6, 6.07) is 8.68. The van der Waals surface area contributed by atoms with E-state index in [1.54, 1.807) is 51.9 Å². The second-order valence-electron chi connectivity index (χ2n) is 9.52. The smallest absolute Gasteiger partial charge is 0.338 e. The van der Waals surface area contributed by atoms with E-state index in [1.807, 2.05) is 25.1 Å². The Bertz CT molecular complexity index is 1630. The summed E-state index contributed by atoms with van der Waals surface area (Å²) in [5.74, 6) is 1.59. The second-order valence-corrected chi connectivity index (χ2v) is 10.5. The van der Waals surface area contributed by atoms with Crippen molar-refractivity contribution >= 4 is 23.4 Å². The van der Waals surface area contributed by atoms with Crippen molar-refractivity contribution in [2.45, 2.75) is 46.6 Å². The van der Waals surface area contributed by atoms with Crippen molar-refractivity contribution in [2.24, 2.45) is 4.99 Å².